The van der Waals surface area contributed by atoms with Crippen LogP contribution in [0.15, 0.2) is 35.6 Å². The molecule has 156 valence electrons. The number of nitrogens with one attached hydrogen (secondary N) is 1. The lowest BCUT2D eigenvalue weighted by Crippen LogP contribution is -2.25. The van der Waals surface area contributed by atoms with Gasteiger partial charge in [0.2, 0.25) is 5.91 Å². The molecule has 10 heteroatoms. The minimum absolute atomic E-state index is 0.0377. The van der Waals surface area contributed by atoms with Crippen LogP contribution >= 0.6 is 23.4 Å². The van der Waals surface area contributed by atoms with E-state index in [1.807, 2.05) is 6.07 Å². The van der Waals surface area contributed by atoms with E-state index in [-0.39, 0.29) is 16.5 Å². The number of thioether (sulfide) groups is 1. The molecule has 1 saturated heterocycles. The molecule has 1 aromatic heterocycles. The molecule has 0 radical (unpaired) electrons. The van der Waals surface area contributed by atoms with E-state index in [0.717, 1.165) is 61.7 Å². The summed E-state index contributed by atoms with van der Waals surface area (Å²) in [6.07, 6.45) is 1.79. The van der Waals surface area contributed by atoms with Crippen LogP contribution in [-0.2, 0) is 11.0 Å². The Morgan fingerprint density at radius 1 is 1.17 bits per heavy atom. The average molecular weight is 445 g/mol. The zero-order chi connectivity index (χ0) is 20.9. The molecular weight excluding hydrogens is 425 g/mol. The number of carbonyl (C=O) groups is 1. The van der Waals surface area contributed by atoms with Gasteiger partial charge >= 0.3 is 6.18 Å². The molecule has 1 amide bonds. The number of benzene rings is 1. The number of hydrogen-bond donors (Lipinski definition) is 1. The molecule has 3 rings (SSSR count). The second-order valence-corrected chi connectivity index (χ2v) is 7.98. The van der Waals surface area contributed by atoms with Crippen molar-refractivity contribution in [2.45, 2.75) is 37.0 Å². The first-order valence-corrected chi connectivity index (χ1v) is 10.6. The number of anilines is 2. The number of carbonyl (C=O) groups excluding carboxylic acids is 1. The maximum absolute atomic E-state index is 12.8. The minimum atomic E-state index is -4.51. The monoisotopic (exact) mass is 444 g/mol. The molecule has 1 aromatic carbocycles. The summed E-state index contributed by atoms with van der Waals surface area (Å²) in [4.78, 5) is 23.1. The Hall–Kier alpha value is -2.00. The summed E-state index contributed by atoms with van der Waals surface area (Å²) in [5, 5.41) is 2.90. The number of aromatic nitrogens is 2. The van der Waals surface area contributed by atoms with Crippen molar-refractivity contribution in [2.24, 2.45) is 0 Å². The predicted octanol–water partition coefficient (Wildman–Crippen LogP) is 5.26. The summed E-state index contributed by atoms with van der Waals surface area (Å²) in [6.45, 7) is 1.88. The van der Waals surface area contributed by atoms with Gasteiger partial charge in [0.25, 0.3) is 0 Å². The fourth-order valence-electron chi connectivity index (χ4n) is 2.99. The van der Waals surface area contributed by atoms with Crippen molar-refractivity contribution in [3.8, 4) is 0 Å². The van der Waals surface area contributed by atoms with Crippen molar-refractivity contribution >= 4 is 40.8 Å². The summed E-state index contributed by atoms with van der Waals surface area (Å²) >= 11 is 7.03. The second kappa shape index (κ2) is 9.67. The Morgan fingerprint density at radius 2 is 1.90 bits per heavy atom. The van der Waals surface area contributed by atoms with E-state index in [4.69, 9.17) is 11.6 Å². The Labute approximate surface area is 176 Å². The molecule has 0 spiro atoms. The molecule has 0 bridgehead atoms. The predicted molar refractivity (Wildman–Crippen MR) is 109 cm³/mol. The van der Waals surface area contributed by atoms with Crippen LogP contribution in [0.3, 0.4) is 0 Å². The average Bonchev–Trinajstić information content (AvgIpc) is 2.97. The van der Waals surface area contributed by atoms with Crippen LogP contribution < -0.4 is 10.2 Å². The van der Waals surface area contributed by atoms with E-state index in [9.17, 15) is 18.0 Å². The SMILES string of the molecule is O=C(CSc1nccc(N2CCCCCC2)n1)Nc1cc(C(F)(F)F)ccc1Cl. The number of amides is 1. The van der Waals surface area contributed by atoms with E-state index >= 15 is 0 Å². The lowest BCUT2D eigenvalue weighted by atomic mass is 10.2. The van der Waals surface area contributed by atoms with E-state index in [0.29, 0.717) is 5.16 Å². The Bertz CT molecular complexity index is 858. The van der Waals surface area contributed by atoms with Crippen LogP contribution in [0, 0.1) is 0 Å². The molecule has 0 atom stereocenters. The van der Waals surface area contributed by atoms with Crippen LogP contribution in [0.2, 0.25) is 5.02 Å². The number of hydrogen-bond acceptors (Lipinski definition) is 5. The van der Waals surface area contributed by atoms with Crippen LogP contribution in [0.4, 0.5) is 24.7 Å². The summed E-state index contributed by atoms with van der Waals surface area (Å²) in [6, 6.07) is 4.65. The molecule has 2 heterocycles. The highest BCUT2D eigenvalue weighted by molar-refractivity contribution is 7.99. The minimum Gasteiger partial charge on any atom is -0.356 e. The zero-order valence-corrected chi connectivity index (χ0v) is 17.1. The highest BCUT2D eigenvalue weighted by Gasteiger charge is 2.31. The third-order valence-corrected chi connectivity index (χ3v) is 5.64. The van der Waals surface area contributed by atoms with Gasteiger partial charge in [0.05, 0.1) is 22.0 Å². The molecule has 29 heavy (non-hydrogen) atoms. The molecule has 1 aliphatic rings. The Kier molecular flexibility index (Phi) is 7.23. The van der Waals surface area contributed by atoms with Crippen molar-refractivity contribution in [1.82, 2.24) is 9.97 Å². The molecule has 5 nitrogen and oxygen atoms in total. The molecule has 1 aliphatic heterocycles. The van der Waals surface area contributed by atoms with Crippen molar-refractivity contribution in [1.29, 1.82) is 0 Å². The summed E-state index contributed by atoms with van der Waals surface area (Å²) in [5.41, 5.74) is -0.954. The first-order valence-electron chi connectivity index (χ1n) is 9.20. The van der Waals surface area contributed by atoms with Gasteiger partial charge in [-0.2, -0.15) is 13.2 Å². The fourth-order valence-corrected chi connectivity index (χ4v) is 3.78. The number of rotatable bonds is 5. The van der Waals surface area contributed by atoms with Gasteiger partial charge in [-0.1, -0.05) is 36.2 Å². The van der Waals surface area contributed by atoms with Gasteiger partial charge in [-0.15, -0.1) is 0 Å². The number of halogens is 4. The van der Waals surface area contributed by atoms with Gasteiger partial charge in [-0.05, 0) is 37.1 Å². The van der Waals surface area contributed by atoms with Gasteiger partial charge in [-0.25, -0.2) is 9.97 Å². The third kappa shape index (κ3) is 6.24. The van der Waals surface area contributed by atoms with Gasteiger partial charge in [0.15, 0.2) is 5.16 Å². The highest BCUT2D eigenvalue weighted by atomic mass is 35.5. The van der Waals surface area contributed by atoms with E-state index < -0.39 is 17.6 Å². The smallest absolute Gasteiger partial charge is 0.356 e. The number of alkyl halides is 3. The zero-order valence-electron chi connectivity index (χ0n) is 15.5. The lowest BCUT2D eigenvalue weighted by molar-refractivity contribution is -0.137. The van der Waals surface area contributed by atoms with Crippen LogP contribution in [0.5, 0.6) is 0 Å². The molecule has 0 saturated carbocycles. The normalized spacial score (nSPS) is 15.1. The molecule has 2 aromatic rings. The second-order valence-electron chi connectivity index (χ2n) is 6.63. The van der Waals surface area contributed by atoms with Crippen molar-refractivity contribution in [3.05, 3.63) is 41.0 Å². The van der Waals surface area contributed by atoms with Crippen molar-refractivity contribution < 1.29 is 18.0 Å². The van der Waals surface area contributed by atoms with Gasteiger partial charge in [0, 0.05) is 19.3 Å². The lowest BCUT2D eigenvalue weighted by Gasteiger charge is -2.21. The van der Waals surface area contributed by atoms with Gasteiger partial charge < -0.3 is 10.2 Å². The van der Waals surface area contributed by atoms with Crippen molar-refractivity contribution in [2.75, 3.05) is 29.1 Å². The maximum atomic E-state index is 12.8. The Balaban J connectivity index is 1.60. The van der Waals surface area contributed by atoms with E-state index in [1.54, 1.807) is 6.20 Å². The molecule has 1 fully saturated rings. The van der Waals surface area contributed by atoms with Crippen LogP contribution in [0.1, 0.15) is 31.2 Å². The molecule has 0 aliphatic carbocycles. The van der Waals surface area contributed by atoms with Gasteiger partial charge in [0.1, 0.15) is 5.82 Å². The van der Waals surface area contributed by atoms with Crippen LogP contribution in [-0.4, -0.2) is 34.7 Å². The first-order chi connectivity index (χ1) is 13.8. The van der Waals surface area contributed by atoms with Crippen molar-refractivity contribution in [3.63, 3.8) is 0 Å². The summed E-state index contributed by atoms with van der Waals surface area (Å²) in [7, 11) is 0. The standard InChI is InChI=1S/C19H20ClF3N4OS/c20-14-6-5-13(19(21,22)23)11-15(14)25-17(28)12-29-18-24-8-7-16(26-18)27-9-3-1-2-4-10-27/h5-8,11H,1-4,9-10,12H2,(H,25,28). The topological polar surface area (TPSA) is 58.1 Å². The van der Waals surface area contributed by atoms with Gasteiger partial charge in [-0.3, -0.25) is 4.79 Å². The molecule has 0 unspecified atom stereocenters. The maximum Gasteiger partial charge on any atom is 0.416 e. The first kappa shape index (κ1) is 21.7. The summed E-state index contributed by atoms with van der Waals surface area (Å²) < 4.78 is 38.5. The Morgan fingerprint density at radius 3 is 2.59 bits per heavy atom. The highest BCUT2D eigenvalue weighted by Crippen LogP contribution is 2.34. The van der Waals surface area contributed by atoms with Crippen LogP contribution in [0.25, 0.3) is 0 Å². The molecular formula is C19H20ClF3N4OS. The molecule has 1 N–H and O–H groups in total. The fraction of sp³-hybridized carbons (Fsp3) is 0.421. The quantitative estimate of drug-likeness (QED) is 0.503. The van der Waals surface area contributed by atoms with E-state index in [2.05, 4.69) is 20.2 Å². The number of nitrogens with zero attached hydrogens (tertiary/aromatic N) is 3. The summed E-state index contributed by atoms with van der Waals surface area (Å²) in [5.74, 6) is 0.293. The van der Waals surface area contributed by atoms with E-state index in [1.165, 1.54) is 12.8 Å². The third-order valence-electron chi connectivity index (χ3n) is 4.45. The largest absolute Gasteiger partial charge is 0.416 e.